The van der Waals surface area contributed by atoms with E-state index in [1.54, 1.807) is 6.20 Å². The van der Waals surface area contributed by atoms with Gasteiger partial charge < -0.3 is 15.2 Å². The van der Waals surface area contributed by atoms with Crippen LogP contribution in [0.5, 0.6) is 0 Å². The Morgan fingerprint density at radius 2 is 1.88 bits per heavy atom. The molecular weight excluding hydrogens is 404 g/mol. The van der Waals surface area contributed by atoms with Crippen molar-refractivity contribution in [2.24, 2.45) is 0 Å². The molecule has 0 unspecified atom stereocenters. The second-order valence-corrected chi connectivity index (χ2v) is 9.33. The molecule has 3 aliphatic heterocycles. The molecule has 32 heavy (non-hydrogen) atoms. The maximum Gasteiger partial charge on any atom is 0.325 e. The number of amides is 3. The van der Waals surface area contributed by atoms with Crippen LogP contribution < -0.4 is 5.32 Å². The van der Waals surface area contributed by atoms with Crippen molar-refractivity contribution < 1.29 is 9.59 Å². The molecule has 3 fully saturated rings. The highest BCUT2D eigenvalue weighted by Gasteiger charge is 2.54. The van der Waals surface area contributed by atoms with Gasteiger partial charge in [-0.3, -0.25) is 14.6 Å². The first-order valence-electron chi connectivity index (χ1n) is 11.8. The van der Waals surface area contributed by atoms with Crippen molar-refractivity contribution in [2.45, 2.75) is 50.2 Å². The predicted octanol–water partition coefficient (Wildman–Crippen LogP) is 2.00. The van der Waals surface area contributed by atoms with Crippen LogP contribution in [0.25, 0.3) is 0 Å². The molecule has 1 atom stereocenters. The van der Waals surface area contributed by atoms with Gasteiger partial charge in [-0.25, -0.2) is 9.78 Å². The largest absolute Gasteiger partial charge is 0.348 e. The number of imidazole rings is 1. The van der Waals surface area contributed by atoms with Gasteiger partial charge in [-0.05, 0) is 44.2 Å². The summed E-state index contributed by atoms with van der Waals surface area (Å²) in [5, 5.41) is 3.09. The fourth-order valence-corrected chi connectivity index (χ4v) is 5.38. The van der Waals surface area contributed by atoms with Crippen LogP contribution in [0.2, 0.25) is 0 Å². The molecule has 170 valence electrons. The van der Waals surface area contributed by atoms with Crippen LogP contribution >= 0.6 is 0 Å². The van der Waals surface area contributed by atoms with Crippen molar-refractivity contribution in [1.29, 1.82) is 0 Å². The molecule has 1 spiro atoms. The van der Waals surface area contributed by atoms with Crippen molar-refractivity contribution in [3.05, 3.63) is 54.1 Å². The maximum atomic E-state index is 13.5. The molecule has 1 aromatic carbocycles. The van der Waals surface area contributed by atoms with Gasteiger partial charge in [0.15, 0.2) is 0 Å². The number of carbonyl (C=O) groups is 2. The van der Waals surface area contributed by atoms with E-state index in [0.29, 0.717) is 25.9 Å². The number of piperidine rings is 2. The van der Waals surface area contributed by atoms with Crippen LogP contribution in [0, 0.1) is 0 Å². The lowest BCUT2D eigenvalue weighted by molar-refractivity contribution is -0.135. The summed E-state index contributed by atoms with van der Waals surface area (Å²) in [7, 11) is 0. The van der Waals surface area contributed by atoms with Gasteiger partial charge in [-0.15, -0.1) is 0 Å². The Morgan fingerprint density at radius 3 is 2.62 bits per heavy atom. The van der Waals surface area contributed by atoms with Crippen molar-refractivity contribution in [3.63, 3.8) is 0 Å². The van der Waals surface area contributed by atoms with Gasteiger partial charge in [-0.2, -0.15) is 0 Å². The highest BCUT2D eigenvalue weighted by Crippen LogP contribution is 2.32. The summed E-state index contributed by atoms with van der Waals surface area (Å²) in [6, 6.07) is 10.2. The number of nitrogens with one attached hydrogen (secondary N) is 2. The normalized spacial score (nSPS) is 24.2. The zero-order chi connectivity index (χ0) is 22.0. The number of rotatable bonds is 6. The van der Waals surface area contributed by atoms with Crippen molar-refractivity contribution in [3.8, 4) is 0 Å². The van der Waals surface area contributed by atoms with Gasteiger partial charge in [0.1, 0.15) is 11.4 Å². The second kappa shape index (κ2) is 9.03. The van der Waals surface area contributed by atoms with Crippen molar-refractivity contribution in [1.82, 2.24) is 30.0 Å². The van der Waals surface area contributed by atoms with E-state index in [1.165, 1.54) is 10.5 Å². The molecular formula is C24H32N6O2. The summed E-state index contributed by atoms with van der Waals surface area (Å²) in [6.07, 6.45) is 7.80. The van der Waals surface area contributed by atoms with Gasteiger partial charge in [0.05, 0.1) is 12.6 Å². The molecule has 5 rings (SSSR count). The SMILES string of the molecule is O=C1NC2(CCN(CCc3ccccc3)CC2)C(=O)N1[C@@H]1CCCN(Cc2ncc[nH]2)C1. The van der Waals surface area contributed by atoms with Crippen LogP contribution in [-0.4, -0.2) is 80.9 Å². The smallest absolute Gasteiger partial charge is 0.325 e. The number of nitrogens with zero attached hydrogens (tertiary/aromatic N) is 4. The van der Waals surface area contributed by atoms with Crippen LogP contribution in [0.15, 0.2) is 42.7 Å². The zero-order valence-corrected chi connectivity index (χ0v) is 18.5. The van der Waals surface area contributed by atoms with E-state index in [0.717, 1.165) is 51.3 Å². The third kappa shape index (κ3) is 4.29. The minimum Gasteiger partial charge on any atom is -0.348 e. The molecule has 0 bridgehead atoms. The summed E-state index contributed by atoms with van der Waals surface area (Å²) in [5.74, 6) is 0.900. The number of hydrogen-bond donors (Lipinski definition) is 2. The molecule has 8 heteroatoms. The quantitative estimate of drug-likeness (QED) is 0.677. The Kier molecular flexibility index (Phi) is 5.97. The van der Waals surface area contributed by atoms with E-state index >= 15 is 0 Å². The number of urea groups is 1. The van der Waals surface area contributed by atoms with E-state index in [2.05, 4.69) is 49.4 Å². The second-order valence-electron chi connectivity index (χ2n) is 9.33. The Hall–Kier alpha value is -2.71. The van der Waals surface area contributed by atoms with E-state index in [-0.39, 0.29) is 18.0 Å². The number of likely N-dealkylation sites (tertiary alicyclic amines) is 2. The lowest BCUT2D eigenvalue weighted by Gasteiger charge is -2.39. The Morgan fingerprint density at radius 1 is 1.06 bits per heavy atom. The molecule has 2 N–H and O–H groups in total. The molecule has 3 amide bonds. The number of benzene rings is 1. The van der Waals surface area contributed by atoms with Crippen LogP contribution in [0.1, 0.15) is 37.1 Å². The molecule has 8 nitrogen and oxygen atoms in total. The zero-order valence-electron chi connectivity index (χ0n) is 18.5. The highest BCUT2D eigenvalue weighted by atomic mass is 16.2. The third-order valence-electron chi connectivity index (χ3n) is 7.24. The maximum absolute atomic E-state index is 13.5. The number of H-pyrrole nitrogens is 1. The van der Waals surface area contributed by atoms with E-state index in [1.807, 2.05) is 12.3 Å². The summed E-state index contributed by atoms with van der Waals surface area (Å²) in [6.45, 7) is 5.04. The van der Waals surface area contributed by atoms with E-state index < -0.39 is 5.54 Å². The fourth-order valence-electron chi connectivity index (χ4n) is 5.38. The molecule has 0 aliphatic carbocycles. The van der Waals surface area contributed by atoms with Gasteiger partial charge >= 0.3 is 6.03 Å². The van der Waals surface area contributed by atoms with Crippen molar-refractivity contribution in [2.75, 3.05) is 32.7 Å². The summed E-state index contributed by atoms with van der Waals surface area (Å²) >= 11 is 0. The topological polar surface area (TPSA) is 84.6 Å². The third-order valence-corrected chi connectivity index (χ3v) is 7.24. The average molecular weight is 437 g/mol. The van der Waals surface area contributed by atoms with Crippen molar-refractivity contribution >= 4 is 11.9 Å². The number of hydrogen-bond acceptors (Lipinski definition) is 5. The lowest BCUT2D eigenvalue weighted by Crippen LogP contribution is -2.56. The molecule has 0 radical (unpaired) electrons. The van der Waals surface area contributed by atoms with E-state index in [4.69, 9.17) is 0 Å². The Bertz CT molecular complexity index is 923. The van der Waals surface area contributed by atoms with Gasteiger partial charge in [0.2, 0.25) is 0 Å². The number of aromatic nitrogens is 2. The van der Waals surface area contributed by atoms with Crippen LogP contribution in [0.3, 0.4) is 0 Å². The number of carbonyl (C=O) groups excluding carboxylic acids is 2. The molecule has 3 aliphatic rings. The summed E-state index contributed by atoms with van der Waals surface area (Å²) < 4.78 is 0. The number of aromatic amines is 1. The average Bonchev–Trinajstić information content (AvgIpc) is 3.40. The fraction of sp³-hybridized carbons (Fsp3) is 0.542. The molecule has 1 aromatic heterocycles. The minimum atomic E-state index is -0.719. The molecule has 0 saturated carbocycles. The number of imide groups is 1. The predicted molar refractivity (Wildman–Crippen MR) is 121 cm³/mol. The summed E-state index contributed by atoms with van der Waals surface area (Å²) in [5.41, 5.74) is 0.615. The van der Waals surface area contributed by atoms with Crippen LogP contribution in [0.4, 0.5) is 4.79 Å². The first kappa shape index (κ1) is 21.2. The first-order chi connectivity index (χ1) is 15.6. The monoisotopic (exact) mass is 436 g/mol. The highest BCUT2D eigenvalue weighted by molar-refractivity contribution is 6.07. The first-order valence-corrected chi connectivity index (χ1v) is 11.8. The molecule has 2 aromatic rings. The molecule has 3 saturated heterocycles. The Labute approximate surface area is 189 Å². The minimum absolute atomic E-state index is 0.0185. The van der Waals surface area contributed by atoms with Gasteiger partial charge in [0.25, 0.3) is 5.91 Å². The Balaban J connectivity index is 1.18. The molecule has 4 heterocycles. The lowest BCUT2D eigenvalue weighted by atomic mass is 9.87. The van der Waals surface area contributed by atoms with E-state index in [9.17, 15) is 9.59 Å². The van der Waals surface area contributed by atoms with Gasteiger partial charge in [0, 0.05) is 38.6 Å². The standard InChI is InChI=1S/C24H32N6O2/c31-22-24(9-15-28(16-10-24)14-8-19-5-2-1-3-6-19)27-23(32)30(22)20-7-4-13-29(17-20)18-21-25-11-12-26-21/h1-3,5-6,11-12,20H,4,7-10,13-18H2,(H,25,26)(H,27,32)/t20-/m1/s1. The van der Waals surface area contributed by atoms with Crippen LogP contribution in [-0.2, 0) is 17.8 Å². The van der Waals surface area contributed by atoms with Gasteiger partial charge in [-0.1, -0.05) is 30.3 Å². The summed E-state index contributed by atoms with van der Waals surface area (Å²) in [4.78, 5) is 40.1.